The standard InChI is InChI=1S/C27H25NO4/c1-2-17-32-22-15-13-20(14-16-22)24-23(25(29)21-11-7-4-8-12-21)26(30)27(31)28(24)18-19-9-5-3-6-10-19/h3-16,24,29H,2,17-18H2,1H3/b25-23+. The molecule has 0 aromatic heterocycles. The molecule has 0 radical (unpaired) electrons. The Balaban J connectivity index is 1.79. The molecule has 5 nitrogen and oxygen atoms in total. The number of Topliss-reactive ketones (excluding diaryl/α,β-unsaturated/α-hetero) is 1. The Hall–Kier alpha value is -3.86. The van der Waals surface area contributed by atoms with Gasteiger partial charge in [-0.05, 0) is 29.7 Å². The molecule has 1 heterocycles. The van der Waals surface area contributed by atoms with Crippen LogP contribution >= 0.6 is 0 Å². The molecule has 5 heteroatoms. The molecule has 3 aromatic carbocycles. The summed E-state index contributed by atoms with van der Waals surface area (Å²) >= 11 is 0. The predicted molar refractivity (Wildman–Crippen MR) is 123 cm³/mol. The molecule has 1 aliphatic heterocycles. The van der Waals surface area contributed by atoms with Crippen LogP contribution in [-0.2, 0) is 16.1 Å². The van der Waals surface area contributed by atoms with Gasteiger partial charge in [0.2, 0.25) is 0 Å². The van der Waals surface area contributed by atoms with Gasteiger partial charge in [-0.1, -0.05) is 79.7 Å². The average Bonchev–Trinajstić information content (AvgIpc) is 3.08. The molecule has 3 aromatic rings. The van der Waals surface area contributed by atoms with Crippen LogP contribution in [0.1, 0.15) is 36.1 Å². The van der Waals surface area contributed by atoms with Crippen molar-refractivity contribution >= 4 is 17.4 Å². The maximum Gasteiger partial charge on any atom is 0.295 e. The van der Waals surface area contributed by atoms with Crippen molar-refractivity contribution in [3.63, 3.8) is 0 Å². The molecule has 1 unspecified atom stereocenters. The lowest BCUT2D eigenvalue weighted by Gasteiger charge is -2.25. The number of aliphatic hydroxyl groups is 1. The third-order valence-electron chi connectivity index (χ3n) is 5.45. The van der Waals surface area contributed by atoms with E-state index in [0.29, 0.717) is 12.2 Å². The Kier molecular flexibility index (Phi) is 6.36. The molecule has 1 atom stereocenters. The Morgan fingerprint density at radius 2 is 1.53 bits per heavy atom. The molecule has 32 heavy (non-hydrogen) atoms. The summed E-state index contributed by atoms with van der Waals surface area (Å²) in [4.78, 5) is 27.7. The summed E-state index contributed by atoms with van der Waals surface area (Å²) in [6.45, 7) is 2.91. The highest BCUT2D eigenvalue weighted by Crippen LogP contribution is 2.40. The number of likely N-dealkylation sites (tertiary alicyclic amines) is 1. The van der Waals surface area contributed by atoms with Crippen LogP contribution in [0.3, 0.4) is 0 Å². The van der Waals surface area contributed by atoms with Crippen LogP contribution in [-0.4, -0.2) is 28.3 Å². The second kappa shape index (κ2) is 9.52. The first-order chi connectivity index (χ1) is 15.6. The third-order valence-corrected chi connectivity index (χ3v) is 5.45. The number of hydrogen-bond acceptors (Lipinski definition) is 4. The highest BCUT2D eigenvalue weighted by Gasteiger charge is 2.46. The summed E-state index contributed by atoms with van der Waals surface area (Å²) in [7, 11) is 0. The van der Waals surface area contributed by atoms with Gasteiger partial charge < -0.3 is 14.7 Å². The van der Waals surface area contributed by atoms with Crippen LogP contribution in [0.25, 0.3) is 5.76 Å². The first-order valence-corrected chi connectivity index (χ1v) is 10.7. The van der Waals surface area contributed by atoms with Gasteiger partial charge in [0.05, 0.1) is 18.2 Å². The molecule has 1 fully saturated rings. The van der Waals surface area contributed by atoms with Crippen LogP contribution in [0.5, 0.6) is 5.75 Å². The van der Waals surface area contributed by atoms with E-state index in [0.717, 1.165) is 23.3 Å². The second-order valence-electron chi connectivity index (χ2n) is 7.70. The van der Waals surface area contributed by atoms with E-state index in [4.69, 9.17) is 4.74 Å². The van der Waals surface area contributed by atoms with E-state index >= 15 is 0 Å². The zero-order valence-electron chi connectivity index (χ0n) is 17.9. The van der Waals surface area contributed by atoms with Gasteiger partial charge in [0.15, 0.2) is 0 Å². The molecule has 162 valence electrons. The van der Waals surface area contributed by atoms with E-state index in [1.54, 1.807) is 24.3 Å². The van der Waals surface area contributed by atoms with Gasteiger partial charge in [-0.15, -0.1) is 0 Å². The second-order valence-corrected chi connectivity index (χ2v) is 7.70. The Morgan fingerprint density at radius 3 is 2.16 bits per heavy atom. The lowest BCUT2D eigenvalue weighted by atomic mass is 9.95. The Morgan fingerprint density at radius 1 is 0.906 bits per heavy atom. The summed E-state index contributed by atoms with van der Waals surface area (Å²) in [5.74, 6) is -0.754. The molecule has 4 rings (SSSR count). The molecule has 0 bridgehead atoms. The van der Waals surface area contributed by atoms with Gasteiger partial charge in [-0.3, -0.25) is 9.59 Å². The third kappa shape index (κ3) is 4.28. The van der Waals surface area contributed by atoms with Crippen LogP contribution in [0.15, 0.2) is 90.5 Å². The molecular formula is C27H25NO4. The topological polar surface area (TPSA) is 66.8 Å². The fourth-order valence-corrected chi connectivity index (χ4v) is 3.89. The van der Waals surface area contributed by atoms with Crippen LogP contribution in [0, 0.1) is 0 Å². The number of benzene rings is 3. The van der Waals surface area contributed by atoms with Gasteiger partial charge in [-0.2, -0.15) is 0 Å². The Bertz CT molecular complexity index is 1120. The number of carbonyl (C=O) groups is 2. The van der Waals surface area contributed by atoms with Crippen molar-refractivity contribution < 1.29 is 19.4 Å². The summed E-state index contributed by atoms with van der Waals surface area (Å²) in [6, 6.07) is 25.0. The lowest BCUT2D eigenvalue weighted by molar-refractivity contribution is -0.140. The summed E-state index contributed by atoms with van der Waals surface area (Å²) in [6.07, 6.45) is 0.899. The summed E-state index contributed by atoms with van der Waals surface area (Å²) in [5.41, 5.74) is 2.24. The first-order valence-electron chi connectivity index (χ1n) is 10.7. The SMILES string of the molecule is CCCOc1ccc(C2/C(=C(\O)c3ccccc3)C(=O)C(=O)N2Cc2ccccc2)cc1. The van der Waals surface area contributed by atoms with E-state index in [9.17, 15) is 14.7 Å². The van der Waals surface area contributed by atoms with Crippen LogP contribution < -0.4 is 4.74 Å². The van der Waals surface area contributed by atoms with E-state index in [2.05, 4.69) is 0 Å². The number of amides is 1. The Labute approximate surface area is 187 Å². The quantitative estimate of drug-likeness (QED) is 0.324. The normalized spacial score (nSPS) is 17.5. The van der Waals surface area contributed by atoms with Gasteiger partial charge in [0.1, 0.15) is 11.5 Å². The van der Waals surface area contributed by atoms with E-state index in [1.165, 1.54) is 4.90 Å². The van der Waals surface area contributed by atoms with Crippen molar-refractivity contribution in [3.05, 3.63) is 107 Å². The number of aliphatic hydroxyl groups excluding tert-OH is 1. The van der Waals surface area contributed by atoms with Crippen molar-refractivity contribution in [1.29, 1.82) is 0 Å². The number of ether oxygens (including phenoxy) is 1. The van der Waals surface area contributed by atoms with Crippen molar-refractivity contribution in [2.75, 3.05) is 6.61 Å². The molecule has 0 aliphatic carbocycles. The first kappa shape index (κ1) is 21.4. The number of carbonyl (C=O) groups excluding carboxylic acids is 2. The van der Waals surface area contributed by atoms with Crippen molar-refractivity contribution in [2.45, 2.75) is 25.9 Å². The maximum atomic E-state index is 13.1. The fraction of sp³-hybridized carbons (Fsp3) is 0.185. The highest BCUT2D eigenvalue weighted by atomic mass is 16.5. The van der Waals surface area contributed by atoms with Crippen molar-refractivity contribution in [2.24, 2.45) is 0 Å². The van der Waals surface area contributed by atoms with Gasteiger partial charge in [0, 0.05) is 12.1 Å². The lowest BCUT2D eigenvalue weighted by Crippen LogP contribution is -2.29. The number of hydrogen-bond donors (Lipinski definition) is 1. The molecule has 1 aliphatic rings. The summed E-state index contributed by atoms with van der Waals surface area (Å²) in [5, 5.41) is 11.1. The molecule has 1 N–H and O–H groups in total. The molecule has 0 spiro atoms. The number of ketones is 1. The fourth-order valence-electron chi connectivity index (χ4n) is 3.89. The van der Waals surface area contributed by atoms with Crippen LogP contribution in [0.2, 0.25) is 0 Å². The molecular weight excluding hydrogens is 402 g/mol. The van der Waals surface area contributed by atoms with Crippen LogP contribution in [0.4, 0.5) is 0 Å². The zero-order chi connectivity index (χ0) is 22.5. The van der Waals surface area contributed by atoms with Gasteiger partial charge >= 0.3 is 0 Å². The number of nitrogens with zero attached hydrogens (tertiary/aromatic N) is 1. The predicted octanol–water partition coefficient (Wildman–Crippen LogP) is 5.10. The highest BCUT2D eigenvalue weighted by molar-refractivity contribution is 6.46. The largest absolute Gasteiger partial charge is 0.507 e. The zero-order valence-corrected chi connectivity index (χ0v) is 17.9. The van der Waals surface area contributed by atoms with Gasteiger partial charge in [-0.25, -0.2) is 0 Å². The molecule has 1 amide bonds. The minimum Gasteiger partial charge on any atom is -0.507 e. The minimum atomic E-state index is -0.698. The minimum absolute atomic E-state index is 0.0966. The maximum absolute atomic E-state index is 13.1. The van der Waals surface area contributed by atoms with E-state index < -0.39 is 17.7 Å². The average molecular weight is 428 g/mol. The molecule has 0 saturated carbocycles. The monoisotopic (exact) mass is 427 g/mol. The van der Waals surface area contributed by atoms with E-state index in [-0.39, 0.29) is 17.9 Å². The summed E-state index contributed by atoms with van der Waals surface area (Å²) < 4.78 is 5.67. The number of rotatable bonds is 7. The smallest absolute Gasteiger partial charge is 0.295 e. The van der Waals surface area contributed by atoms with E-state index in [1.807, 2.05) is 67.6 Å². The van der Waals surface area contributed by atoms with Crippen molar-refractivity contribution in [3.8, 4) is 5.75 Å². The molecule has 1 saturated heterocycles. The van der Waals surface area contributed by atoms with Crippen molar-refractivity contribution in [1.82, 2.24) is 4.90 Å². The van der Waals surface area contributed by atoms with Gasteiger partial charge in [0.25, 0.3) is 11.7 Å².